The predicted octanol–water partition coefficient (Wildman–Crippen LogP) is 2.35. The van der Waals surface area contributed by atoms with Crippen LogP contribution in [0.5, 0.6) is 0 Å². The van der Waals surface area contributed by atoms with Crippen molar-refractivity contribution >= 4 is 17.3 Å². The minimum absolute atomic E-state index is 0.267. The van der Waals surface area contributed by atoms with Crippen LogP contribution in [0.15, 0.2) is 5.38 Å². The molecule has 1 aromatic heterocycles. The maximum absolute atomic E-state index is 11.3. The Morgan fingerprint density at radius 1 is 1.44 bits per heavy atom. The average molecular weight is 241 g/mol. The summed E-state index contributed by atoms with van der Waals surface area (Å²) in [7, 11) is 3.08. The Bertz CT molecular complexity index is 382. The van der Waals surface area contributed by atoms with Gasteiger partial charge >= 0.3 is 5.97 Å². The van der Waals surface area contributed by atoms with Gasteiger partial charge in [0, 0.05) is 12.5 Å². The van der Waals surface area contributed by atoms with Crippen LogP contribution in [-0.4, -0.2) is 25.2 Å². The van der Waals surface area contributed by atoms with Gasteiger partial charge in [-0.15, -0.1) is 11.3 Å². The van der Waals surface area contributed by atoms with Crippen LogP contribution in [0.4, 0.5) is 0 Å². The number of rotatable bonds is 3. The highest BCUT2D eigenvalue weighted by Crippen LogP contribution is 2.42. The summed E-state index contributed by atoms with van der Waals surface area (Å²) >= 11 is 1.48. The number of aromatic nitrogens is 1. The third-order valence-electron chi connectivity index (χ3n) is 3.09. The summed E-state index contributed by atoms with van der Waals surface area (Å²) in [5.41, 5.74) is 0.113. The van der Waals surface area contributed by atoms with Gasteiger partial charge in [0.05, 0.1) is 7.11 Å². The fourth-order valence-electron chi connectivity index (χ4n) is 2.13. The molecule has 1 aliphatic rings. The van der Waals surface area contributed by atoms with Gasteiger partial charge in [-0.3, -0.25) is 0 Å². The molecular weight excluding hydrogens is 226 g/mol. The first kappa shape index (κ1) is 11.5. The number of hydrogen-bond donors (Lipinski definition) is 0. The minimum atomic E-state index is -0.383. The summed E-state index contributed by atoms with van der Waals surface area (Å²) in [4.78, 5) is 15.6. The van der Waals surface area contributed by atoms with Crippen molar-refractivity contribution in [2.45, 2.75) is 31.3 Å². The predicted molar refractivity (Wildman–Crippen MR) is 60.6 cm³/mol. The van der Waals surface area contributed by atoms with Gasteiger partial charge in [-0.05, 0) is 12.8 Å². The molecule has 0 aromatic carbocycles. The second-order valence-electron chi connectivity index (χ2n) is 3.94. The molecular formula is C11H15NO3S. The van der Waals surface area contributed by atoms with E-state index in [1.54, 1.807) is 12.5 Å². The first-order chi connectivity index (χ1) is 7.72. The van der Waals surface area contributed by atoms with Crippen LogP contribution in [-0.2, 0) is 15.1 Å². The number of thiazole rings is 1. The van der Waals surface area contributed by atoms with E-state index >= 15 is 0 Å². The van der Waals surface area contributed by atoms with E-state index in [0.29, 0.717) is 5.69 Å². The van der Waals surface area contributed by atoms with E-state index in [2.05, 4.69) is 9.72 Å². The molecule has 0 aliphatic heterocycles. The van der Waals surface area contributed by atoms with Crippen molar-refractivity contribution in [3.63, 3.8) is 0 Å². The third-order valence-corrected chi connectivity index (χ3v) is 4.12. The molecule has 0 N–H and O–H groups in total. The first-order valence-corrected chi connectivity index (χ1v) is 6.19. The summed E-state index contributed by atoms with van der Waals surface area (Å²) in [5.74, 6) is -0.383. The molecule has 0 saturated heterocycles. The van der Waals surface area contributed by atoms with E-state index in [4.69, 9.17) is 4.74 Å². The highest BCUT2D eigenvalue weighted by molar-refractivity contribution is 7.10. The van der Waals surface area contributed by atoms with Crippen LogP contribution in [0.1, 0.15) is 41.2 Å². The van der Waals surface area contributed by atoms with E-state index in [0.717, 1.165) is 30.7 Å². The molecule has 1 aliphatic carbocycles. The minimum Gasteiger partial charge on any atom is -0.464 e. The van der Waals surface area contributed by atoms with Crippen LogP contribution < -0.4 is 0 Å². The summed E-state index contributed by atoms with van der Waals surface area (Å²) in [6, 6.07) is 0. The summed E-state index contributed by atoms with van der Waals surface area (Å²) in [6.07, 6.45) is 4.28. The van der Waals surface area contributed by atoms with Gasteiger partial charge < -0.3 is 9.47 Å². The Balaban J connectivity index is 2.26. The normalized spacial score (nSPS) is 18.6. The molecule has 4 nitrogen and oxygen atoms in total. The monoisotopic (exact) mass is 241 g/mol. The Labute approximate surface area is 98.6 Å². The highest BCUT2D eigenvalue weighted by Gasteiger charge is 2.38. The lowest BCUT2D eigenvalue weighted by Crippen LogP contribution is -2.24. The Hall–Kier alpha value is -0.940. The number of methoxy groups -OCH3 is 2. The molecule has 1 fully saturated rings. The standard InChI is InChI=1S/C11H15NO3S/c1-14-9(13)8-7-16-10(12-8)11(15-2)5-3-4-6-11/h7H,3-6H2,1-2H3. The zero-order chi connectivity index (χ0) is 11.6. The lowest BCUT2D eigenvalue weighted by molar-refractivity contribution is -0.00899. The van der Waals surface area contributed by atoms with Crippen molar-refractivity contribution in [2.24, 2.45) is 0 Å². The zero-order valence-electron chi connectivity index (χ0n) is 9.49. The molecule has 0 amide bonds. The first-order valence-electron chi connectivity index (χ1n) is 5.31. The van der Waals surface area contributed by atoms with Gasteiger partial charge in [-0.1, -0.05) is 12.8 Å². The third kappa shape index (κ3) is 1.85. The molecule has 88 valence electrons. The van der Waals surface area contributed by atoms with Crippen molar-refractivity contribution in [2.75, 3.05) is 14.2 Å². The van der Waals surface area contributed by atoms with Crippen LogP contribution in [0.3, 0.4) is 0 Å². The highest BCUT2D eigenvalue weighted by atomic mass is 32.1. The number of ether oxygens (including phenoxy) is 2. The second-order valence-corrected chi connectivity index (χ2v) is 4.79. The van der Waals surface area contributed by atoms with Gasteiger partial charge in [0.1, 0.15) is 10.6 Å². The van der Waals surface area contributed by atoms with Crippen molar-refractivity contribution in [1.29, 1.82) is 0 Å². The van der Waals surface area contributed by atoms with Crippen molar-refractivity contribution in [3.05, 3.63) is 16.1 Å². The summed E-state index contributed by atoms with van der Waals surface area (Å²) in [6.45, 7) is 0. The SMILES string of the molecule is COC(=O)c1csc(C2(OC)CCCC2)n1. The molecule has 1 saturated carbocycles. The van der Waals surface area contributed by atoms with Crippen LogP contribution in [0, 0.1) is 0 Å². The number of nitrogens with zero attached hydrogens (tertiary/aromatic N) is 1. The van der Waals surface area contributed by atoms with Crippen molar-refractivity contribution in [3.8, 4) is 0 Å². The quantitative estimate of drug-likeness (QED) is 0.762. The van der Waals surface area contributed by atoms with E-state index in [9.17, 15) is 4.79 Å². The van der Waals surface area contributed by atoms with E-state index in [-0.39, 0.29) is 11.6 Å². The molecule has 1 heterocycles. The lowest BCUT2D eigenvalue weighted by atomic mass is 10.0. The molecule has 1 aromatic rings. The van der Waals surface area contributed by atoms with Crippen LogP contribution >= 0.6 is 11.3 Å². The zero-order valence-corrected chi connectivity index (χ0v) is 10.3. The molecule has 0 atom stereocenters. The lowest BCUT2D eigenvalue weighted by Gasteiger charge is -2.24. The fourth-order valence-corrected chi connectivity index (χ4v) is 3.16. The van der Waals surface area contributed by atoms with Crippen molar-refractivity contribution < 1.29 is 14.3 Å². The summed E-state index contributed by atoms with van der Waals surface area (Å²) in [5, 5.41) is 2.63. The largest absolute Gasteiger partial charge is 0.464 e. The molecule has 2 rings (SSSR count). The van der Waals surface area contributed by atoms with Gasteiger partial charge in [0.25, 0.3) is 0 Å². The Morgan fingerprint density at radius 2 is 2.12 bits per heavy atom. The number of carbonyl (C=O) groups excluding carboxylic acids is 1. The van der Waals surface area contributed by atoms with Crippen molar-refractivity contribution in [1.82, 2.24) is 4.98 Å². The maximum atomic E-state index is 11.3. The van der Waals surface area contributed by atoms with Crippen LogP contribution in [0.25, 0.3) is 0 Å². The van der Waals surface area contributed by atoms with E-state index in [1.807, 2.05) is 0 Å². The molecule has 0 spiro atoms. The Kier molecular flexibility index (Phi) is 3.25. The summed E-state index contributed by atoms with van der Waals surface area (Å²) < 4.78 is 10.3. The number of carbonyl (C=O) groups is 1. The van der Waals surface area contributed by atoms with Crippen LogP contribution in [0.2, 0.25) is 0 Å². The topological polar surface area (TPSA) is 48.4 Å². The molecule has 5 heteroatoms. The van der Waals surface area contributed by atoms with Gasteiger partial charge in [-0.2, -0.15) is 0 Å². The maximum Gasteiger partial charge on any atom is 0.357 e. The van der Waals surface area contributed by atoms with E-state index in [1.165, 1.54) is 18.4 Å². The van der Waals surface area contributed by atoms with E-state index < -0.39 is 0 Å². The van der Waals surface area contributed by atoms with Gasteiger partial charge in [0.15, 0.2) is 5.69 Å². The number of esters is 1. The fraction of sp³-hybridized carbons (Fsp3) is 0.636. The molecule has 0 unspecified atom stereocenters. The molecule has 16 heavy (non-hydrogen) atoms. The number of hydrogen-bond acceptors (Lipinski definition) is 5. The van der Waals surface area contributed by atoms with Gasteiger partial charge in [0.2, 0.25) is 0 Å². The second kappa shape index (κ2) is 4.51. The molecule has 0 bridgehead atoms. The smallest absolute Gasteiger partial charge is 0.357 e. The van der Waals surface area contributed by atoms with Gasteiger partial charge in [-0.25, -0.2) is 9.78 Å². The molecule has 0 radical (unpaired) electrons. The average Bonchev–Trinajstić information content (AvgIpc) is 2.96. The Morgan fingerprint density at radius 3 is 2.69 bits per heavy atom.